The molecule has 1 saturated heterocycles. The maximum atomic E-state index is 3.97. The van der Waals surface area contributed by atoms with Gasteiger partial charge in [0.15, 0.2) is 0 Å². The molecule has 2 saturated carbocycles. The van der Waals surface area contributed by atoms with Crippen LogP contribution in [-0.4, -0.2) is 34.6 Å². The van der Waals surface area contributed by atoms with E-state index in [2.05, 4.69) is 28.8 Å². The fraction of sp³-hybridized carbons (Fsp3) is 1.00. The van der Waals surface area contributed by atoms with Crippen molar-refractivity contribution >= 4 is 23.5 Å². The van der Waals surface area contributed by atoms with E-state index in [-0.39, 0.29) is 0 Å². The molecule has 2 aliphatic carbocycles. The molecule has 80 valence electrons. The smallest absolute Gasteiger partial charge is 0.0254 e. The Labute approximate surface area is 95.2 Å². The van der Waals surface area contributed by atoms with Crippen LogP contribution >= 0.6 is 23.5 Å². The lowest BCUT2D eigenvalue weighted by Gasteiger charge is -2.24. The van der Waals surface area contributed by atoms with E-state index in [0.717, 1.165) is 12.0 Å². The van der Waals surface area contributed by atoms with Crippen molar-refractivity contribution in [3.63, 3.8) is 0 Å². The van der Waals surface area contributed by atoms with E-state index in [1.165, 1.54) is 48.7 Å². The van der Waals surface area contributed by atoms with Crippen molar-refractivity contribution in [3.05, 3.63) is 0 Å². The molecule has 0 bridgehead atoms. The number of rotatable bonds is 3. The van der Waals surface area contributed by atoms with E-state index >= 15 is 0 Å². The van der Waals surface area contributed by atoms with Crippen LogP contribution in [0.4, 0.5) is 0 Å². The summed E-state index contributed by atoms with van der Waals surface area (Å²) in [4.78, 5) is 0. The zero-order valence-corrected chi connectivity index (χ0v) is 10.3. The second kappa shape index (κ2) is 3.91. The molecule has 0 atom stereocenters. The van der Waals surface area contributed by atoms with E-state index < -0.39 is 0 Å². The van der Waals surface area contributed by atoms with Crippen LogP contribution in [0.25, 0.3) is 0 Å². The van der Waals surface area contributed by atoms with Gasteiger partial charge in [-0.1, -0.05) is 0 Å². The predicted molar refractivity (Wildman–Crippen MR) is 66.3 cm³/mol. The fourth-order valence-corrected chi connectivity index (χ4v) is 4.94. The molecular formula is C11H19NS2. The van der Waals surface area contributed by atoms with Crippen LogP contribution in [0.3, 0.4) is 0 Å². The van der Waals surface area contributed by atoms with Gasteiger partial charge >= 0.3 is 0 Å². The minimum Gasteiger partial charge on any atom is -0.307 e. The van der Waals surface area contributed by atoms with Gasteiger partial charge in [-0.05, 0) is 31.6 Å². The maximum Gasteiger partial charge on any atom is 0.0254 e. The van der Waals surface area contributed by atoms with Crippen LogP contribution in [0.5, 0.6) is 0 Å². The molecule has 0 aromatic carbocycles. The minimum absolute atomic E-state index is 0.635. The van der Waals surface area contributed by atoms with Gasteiger partial charge in [0, 0.05) is 34.6 Å². The van der Waals surface area contributed by atoms with Crippen LogP contribution in [0, 0.1) is 5.92 Å². The van der Waals surface area contributed by atoms with E-state index in [1.807, 2.05) is 0 Å². The summed E-state index contributed by atoms with van der Waals surface area (Å²) in [6.45, 7) is 0. The van der Waals surface area contributed by atoms with Gasteiger partial charge in [-0.25, -0.2) is 0 Å². The first-order valence-electron chi connectivity index (χ1n) is 5.82. The zero-order chi connectivity index (χ0) is 9.43. The van der Waals surface area contributed by atoms with Crippen molar-refractivity contribution in [2.24, 2.45) is 5.92 Å². The maximum absolute atomic E-state index is 3.97. The predicted octanol–water partition coefficient (Wildman–Crippen LogP) is 2.37. The first-order chi connectivity index (χ1) is 6.89. The zero-order valence-electron chi connectivity index (χ0n) is 8.63. The third kappa shape index (κ3) is 2.10. The van der Waals surface area contributed by atoms with E-state index in [0.29, 0.717) is 5.54 Å². The fourth-order valence-electron chi connectivity index (χ4n) is 2.55. The molecule has 3 fully saturated rings. The van der Waals surface area contributed by atoms with Gasteiger partial charge < -0.3 is 5.32 Å². The minimum atomic E-state index is 0.635. The SMILES string of the molecule is C1CSCC(NC2(C3CC3)CC2)CS1. The van der Waals surface area contributed by atoms with E-state index in [1.54, 1.807) is 0 Å². The third-order valence-corrected chi connectivity index (χ3v) is 6.17. The summed E-state index contributed by atoms with van der Waals surface area (Å²) in [6, 6.07) is 0.801. The summed E-state index contributed by atoms with van der Waals surface area (Å²) in [5.41, 5.74) is 0.635. The molecule has 3 heteroatoms. The van der Waals surface area contributed by atoms with Gasteiger partial charge in [0.25, 0.3) is 0 Å². The van der Waals surface area contributed by atoms with Crippen LogP contribution in [0.1, 0.15) is 25.7 Å². The first-order valence-corrected chi connectivity index (χ1v) is 8.13. The van der Waals surface area contributed by atoms with Crippen molar-refractivity contribution in [2.45, 2.75) is 37.3 Å². The number of nitrogens with one attached hydrogen (secondary N) is 1. The largest absolute Gasteiger partial charge is 0.307 e. The monoisotopic (exact) mass is 229 g/mol. The highest BCUT2D eigenvalue weighted by Crippen LogP contribution is 2.54. The summed E-state index contributed by atoms with van der Waals surface area (Å²) in [7, 11) is 0. The third-order valence-electron chi connectivity index (χ3n) is 3.65. The van der Waals surface area contributed by atoms with Crippen molar-refractivity contribution < 1.29 is 0 Å². The summed E-state index contributed by atoms with van der Waals surface area (Å²) in [5.74, 6) is 6.47. The van der Waals surface area contributed by atoms with Crippen LogP contribution in [-0.2, 0) is 0 Å². The van der Waals surface area contributed by atoms with Crippen LogP contribution < -0.4 is 5.32 Å². The Balaban J connectivity index is 1.54. The quantitative estimate of drug-likeness (QED) is 0.798. The summed E-state index contributed by atoms with van der Waals surface area (Å²) >= 11 is 4.28. The van der Waals surface area contributed by atoms with E-state index in [4.69, 9.17) is 0 Å². The number of hydrogen-bond donors (Lipinski definition) is 1. The lowest BCUT2D eigenvalue weighted by molar-refractivity contribution is 0.411. The standard InChI is InChI=1S/C11H19NS2/c1-2-9(1)11(3-4-11)12-10-7-13-5-6-14-8-10/h9-10,12H,1-8H2. The average Bonchev–Trinajstić information content (AvgIpc) is 3.05. The molecule has 1 N–H and O–H groups in total. The first kappa shape index (κ1) is 9.86. The molecule has 0 radical (unpaired) electrons. The Morgan fingerprint density at radius 3 is 2.14 bits per heavy atom. The van der Waals surface area contributed by atoms with Crippen LogP contribution in [0.2, 0.25) is 0 Å². The van der Waals surface area contributed by atoms with Crippen LogP contribution in [0.15, 0.2) is 0 Å². The molecule has 0 amide bonds. The Morgan fingerprint density at radius 1 is 1.00 bits per heavy atom. The lowest BCUT2D eigenvalue weighted by atomic mass is 10.1. The molecule has 3 aliphatic rings. The molecule has 1 nitrogen and oxygen atoms in total. The van der Waals surface area contributed by atoms with Crippen molar-refractivity contribution in [2.75, 3.05) is 23.0 Å². The Kier molecular flexibility index (Phi) is 2.75. The molecule has 0 unspecified atom stereocenters. The molecular weight excluding hydrogens is 210 g/mol. The van der Waals surface area contributed by atoms with Gasteiger partial charge in [0.2, 0.25) is 0 Å². The highest BCUT2D eigenvalue weighted by atomic mass is 32.2. The highest BCUT2D eigenvalue weighted by Gasteiger charge is 2.54. The second-order valence-electron chi connectivity index (χ2n) is 4.92. The van der Waals surface area contributed by atoms with Gasteiger partial charge in [-0.2, -0.15) is 23.5 Å². The topological polar surface area (TPSA) is 12.0 Å². The number of hydrogen-bond acceptors (Lipinski definition) is 3. The molecule has 0 aromatic heterocycles. The molecule has 1 aliphatic heterocycles. The van der Waals surface area contributed by atoms with Gasteiger partial charge in [-0.15, -0.1) is 0 Å². The summed E-state index contributed by atoms with van der Waals surface area (Å²) in [5, 5.41) is 3.97. The number of thioether (sulfide) groups is 2. The van der Waals surface area contributed by atoms with Gasteiger partial charge in [0.1, 0.15) is 0 Å². The molecule has 1 heterocycles. The van der Waals surface area contributed by atoms with Crippen molar-refractivity contribution in [3.8, 4) is 0 Å². The highest BCUT2D eigenvalue weighted by molar-refractivity contribution is 8.03. The Hall–Kier alpha value is 0.660. The molecule has 14 heavy (non-hydrogen) atoms. The average molecular weight is 229 g/mol. The summed E-state index contributed by atoms with van der Waals surface area (Å²) < 4.78 is 0. The lowest BCUT2D eigenvalue weighted by Crippen LogP contribution is -2.44. The molecule has 0 aromatic rings. The normalized spacial score (nSPS) is 32.6. The molecule has 3 rings (SSSR count). The second-order valence-corrected chi connectivity index (χ2v) is 7.22. The van der Waals surface area contributed by atoms with Gasteiger partial charge in [0.05, 0.1) is 0 Å². The Bertz CT molecular complexity index is 203. The van der Waals surface area contributed by atoms with Crippen molar-refractivity contribution in [1.29, 1.82) is 0 Å². The van der Waals surface area contributed by atoms with E-state index in [9.17, 15) is 0 Å². The summed E-state index contributed by atoms with van der Waals surface area (Å²) in [6.07, 6.45) is 5.92. The van der Waals surface area contributed by atoms with Gasteiger partial charge in [-0.3, -0.25) is 0 Å². The van der Waals surface area contributed by atoms with Crippen molar-refractivity contribution in [1.82, 2.24) is 5.32 Å². The molecule has 0 spiro atoms. The Morgan fingerprint density at radius 2 is 1.64 bits per heavy atom.